The molecule has 0 bridgehead atoms. The van der Waals surface area contributed by atoms with E-state index >= 15 is 0 Å². The number of hydrogen-bond donors (Lipinski definition) is 0. The number of hydrogen-bond acceptors (Lipinski definition) is 4. The van der Waals surface area contributed by atoms with Crippen molar-refractivity contribution in [2.75, 3.05) is 7.11 Å². The molecule has 4 heteroatoms. The lowest BCUT2D eigenvalue weighted by molar-refractivity contribution is -0.142. The predicted molar refractivity (Wildman–Crippen MR) is 155 cm³/mol. The molecule has 0 radical (unpaired) electrons. The van der Waals surface area contributed by atoms with Crippen molar-refractivity contribution in [1.29, 1.82) is 0 Å². The van der Waals surface area contributed by atoms with E-state index in [0.29, 0.717) is 0 Å². The van der Waals surface area contributed by atoms with Crippen LogP contribution in [0.4, 0.5) is 0 Å². The molecule has 0 aromatic carbocycles. The van der Waals surface area contributed by atoms with Crippen LogP contribution in [0.2, 0.25) is 0 Å². The van der Waals surface area contributed by atoms with Gasteiger partial charge < -0.3 is 14.3 Å². The van der Waals surface area contributed by atoms with E-state index in [-0.39, 0.29) is 25.0 Å². The maximum Gasteiger partial charge on any atom is 0.338 e. The number of esters is 1. The Hall–Kier alpha value is -1.94. The number of aldehydes is 1. The van der Waals surface area contributed by atoms with Crippen molar-refractivity contribution in [2.24, 2.45) is 5.92 Å². The van der Waals surface area contributed by atoms with Gasteiger partial charge in [-0.2, -0.15) is 0 Å². The number of carbonyl (C=O) groups excluding carboxylic acids is 2. The highest BCUT2D eigenvalue weighted by Gasteiger charge is 2.57. The largest absolute Gasteiger partial charge is 0.467 e. The molecule has 0 aliphatic carbocycles. The van der Waals surface area contributed by atoms with Gasteiger partial charge in [0.15, 0.2) is 6.10 Å². The molecular formula is C32H56O4. The summed E-state index contributed by atoms with van der Waals surface area (Å²) in [4.78, 5) is 21.8. The summed E-state index contributed by atoms with van der Waals surface area (Å²) in [6, 6.07) is 0. The van der Waals surface area contributed by atoms with Gasteiger partial charge in [-0.15, -0.1) is 0 Å². The first-order valence-corrected chi connectivity index (χ1v) is 13.9. The van der Waals surface area contributed by atoms with Gasteiger partial charge in [0.25, 0.3) is 0 Å². The van der Waals surface area contributed by atoms with Crippen LogP contribution < -0.4 is 0 Å². The lowest BCUT2D eigenvalue weighted by Gasteiger charge is -2.04. The van der Waals surface area contributed by atoms with E-state index in [1.54, 1.807) is 0 Å². The molecule has 1 aliphatic rings. The van der Waals surface area contributed by atoms with E-state index in [9.17, 15) is 9.59 Å². The molecule has 1 saturated heterocycles. The highest BCUT2D eigenvalue weighted by Crippen LogP contribution is 2.41. The Bertz CT molecular complexity index is 778. The second-order valence-corrected chi connectivity index (χ2v) is 10.5. The van der Waals surface area contributed by atoms with Crippen LogP contribution in [0.1, 0.15) is 121 Å². The number of ether oxygens (including phenoxy) is 2. The molecule has 3 unspecified atom stereocenters. The minimum atomic E-state index is -0.364. The maximum absolute atomic E-state index is 11.4. The molecule has 0 spiro atoms. The lowest BCUT2D eigenvalue weighted by atomic mass is 9.99. The van der Waals surface area contributed by atoms with Crippen molar-refractivity contribution in [3.63, 3.8) is 0 Å². The van der Waals surface area contributed by atoms with Crippen LogP contribution in [0.15, 0.2) is 46.6 Å². The van der Waals surface area contributed by atoms with Crippen LogP contribution in [0.5, 0.6) is 0 Å². The Balaban J connectivity index is 0. The molecule has 0 N–H and O–H groups in total. The fourth-order valence-electron chi connectivity index (χ4n) is 3.68. The van der Waals surface area contributed by atoms with E-state index < -0.39 is 0 Å². The predicted octanol–water partition coefficient (Wildman–Crippen LogP) is 9.11. The summed E-state index contributed by atoms with van der Waals surface area (Å²) in [7, 11) is 1.40. The summed E-state index contributed by atoms with van der Waals surface area (Å²) in [5, 5.41) is 0. The van der Waals surface area contributed by atoms with Gasteiger partial charge in [0.1, 0.15) is 11.9 Å². The second kappa shape index (κ2) is 19.2. The summed E-state index contributed by atoms with van der Waals surface area (Å²) in [6.45, 7) is 17.0. The molecule has 208 valence electrons. The van der Waals surface area contributed by atoms with E-state index in [0.717, 1.165) is 70.5 Å². The van der Waals surface area contributed by atoms with Crippen molar-refractivity contribution in [3.05, 3.63) is 46.6 Å². The van der Waals surface area contributed by atoms with Crippen molar-refractivity contribution in [3.8, 4) is 0 Å². The third kappa shape index (κ3) is 15.9. The zero-order valence-electron chi connectivity index (χ0n) is 24.7. The van der Waals surface area contributed by atoms with Gasteiger partial charge >= 0.3 is 5.97 Å². The number of carbonyl (C=O) groups is 2. The average Bonchev–Trinajstić information content (AvgIpc) is 3.54. The Morgan fingerprint density at radius 3 is 1.81 bits per heavy atom. The molecule has 3 atom stereocenters. The van der Waals surface area contributed by atoms with E-state index in [1.807, 2.05) is 13.8 Å². The normalized spacial score (nSPS) is 21.4. The van der Waals surface area contributed by atoms with E-state index in [4.69, 9.17) is 9.47 Å². The van der Waals surface area contributed by atoms with Crippen LogP contribution in [0.3, 0.4) is 0 Å². The molecule has 1 rings (SSSR count). The number of epoxide rings is 1. The number of rotatable bonds is 16. The molecule has 1 heterocycles. The van der Waals surface area contributed by atoms with Crippen LogP contribution in [-0.4, -0.2) is 31.1 Å². The third-order valence-corrected chi connectivity index (χ3v) is 6.96. The number of allylic oxidation sites excluding steroid dienone is 8. The summed E-state index contributed by atoms with van der Waals surface area (Å²) in [5.74, 6) is -0.0559. The molecule has 0 aromatic heterocycles. The van der Waals surface area contributed by atoms with Crippen molar-refractivity contribution in [2.45, 2.75) is 131 Å². The maximum atomic E-state index is 11.4. The van der Waals surface area contributed by atoms with Gasteiger partial charge in [0.2, 0.25) is 0 Å². The fourth-order valence-corrected chi connectivity index (χ4v) is 3.68. The van der Waals surface area contributed by atoms with Crippen molar-refractivity contribution < 1.29 is 20.5 Å². The average molecular weight is 506 g/mol. The minimum absolute atomic E-state index is 0. The smallest absolute Gasteiger partial charge is 0.338 e. The monoisotopic (exact) mass is 505 g/mol. The van der Waals surface area contributed by atoms with Crippen molar-refractivity contribution in [1.82, 2.24) is 0 Å². The molecule has 1 fully saturated rings. The lowest BCUT2D eigenvalue weighted by Crippen LogP contribution is -2.18. The van der Waals surface area contributed by atoms with Gasteiger partial charge in [0.05, 0.1) is 7.11 Å². The Labute approximate surface area is 223 Å². The topological polar surface area (TPSA) is 55.9 Å². The van der Waals surface area contributed by atoms with Gasteiger partial charge in [-0.3, -0.25) is 0 Å². The Morgan fingerprint density at radius 1 is 0.889 bits per heavy atom. The Morgan fingerprint density at radius 2 is 1.36 bits per heavy atom. The minimum Gasteiger partial charge on any atom is -0.467 e. The van der Waals surface area contributed by atoms with Crippen LogP contribution in [-0.2, 0) is 19.1 Å². The first-order chi connectivity index (χ1) is 17.0. The quantitative estimate of drug-likeness (QED) is 0.0908. The number of methoxy groups -OCH3 is 1. The summed E-state index contributed by atoms with van der Waals surface area (Å²) < 4.78 is 10.2. The van der Waals surface area contributed by atoms with Crippen LogP contribution >= 0.6 is 0 Å². The highest BCUT2D eigenvalue weighted by atomic mass is 16.6. The van der Waals surface area contributed by atoms with Crippen molar-refractivity contribution >= 4 is 12.3 Å². The first-order valence-electron chi connectivity index (χ1n) is 13.9. The van der Waals surface area contributed by atoms with Gasteiger partial charge in [-0.1, -0.05) is 67.4 Å². The summed E-state index contributed by atoms with van der Waals surface area (Å²) >= 11 is 0. The van der Waals surface area contributed by atoms with E-state index in [2.05, 4.69) is 65.8 Å². The molecule has 36 heavy (non-hydrogen) atoms. The van der Waals surface area contributed by atoms with Crippen LogP contribution in [0.25, 0.3) is 0 Å². The SMILES string of the molecule is CC/C(C)=C/CC/C(C)=C/CCC(C)C=O.CC/C(C)=C/CC/C(C)=C/CCC1(C)OC1C(=O)OC.[2HH]. The molecule has 4 nitrogen and oxygen atoms in total. The molecule has 0 aromatic rings. The Kier molecular flexibility index (Phi) is 18.2. The summed E-state index contributed by atoms with van der Waals surface area (Å²) in [6.07, 6.45) is 20.5. The highest BCUT2D eigenvalue weighted by molar-refractivity contribution is 5.79. The fraction of sp³-hybridized carbons (Fsp3) is 0.688. The molecular weight excluding hydrogens is 448 g/mol. The van der Waals surface area contributed by atoms with Gasteiger partial charge in [0, 0.05) is 7.34 Å². The zero-order valence-corrected chi connectivity index (χ0v) is 24.7. The summed E-state index contributed by atoms with van der Waals surface area (Å²) in [5.41, 5.74) is 5.46. The van der Waals surface area contributed by atoms with Crippen LogP contribution in [0, 0.1) is 5.92 Å². The molecule has 1 aliphatic heterocycles. The standard InChI is InChI=1S/C17H28O3.C15H26O.H2/c1-6-13(2)9-7-10-14(3)11-8-12-17(4)15(20-17)16(18)19-5;1-5-13(2)8-6-9-14(3)10-7-11-15(4)12-16;/h9,11,15H,6-8,10,12H2,1-5H3;8,10,12,15H,5-7,9,11H2,1-4H3;1H/b13-9+,14-11+;13-8+,14-10+;/i;;1+1. The molecule has 0 saturated carbocycles. The zero-order chi connectivity index (χ0) is 27.6. The van der Waals surface area contributed by atoms with Gasteiger partial charge in [-0.05, 0) is 98.8 Å². The first kappa shape index (κ1) is 34.1. The molecule has 0 amide bonds. The van der Waals surface area contributed by atoms with Gasteiger partial charge in [-0.25, -0.2) is 4.79 Å². The second-order valence-electron chi connectivity index (χ2n) is 10.5. The third-order valence-electron chi connectivity index (χ3n) is 6.96. The van der Waals surface area contributed by atoms with E-state index in [1.165, 1.54) is 29.4 Å².